The van der Waals surface area contributed by atoms with Crippen molar-refractivity contribution in [3.05, 3.63) is 66.0 Å². The summed E-state index contributed by atoms with van der Waals surface area (Å²) in [4.78, 5) is 110. The molecule has 446 valence electrons. The van der Waals surface area contributed by atoms with Crippen molar-refractivity contribution < 1.29 is 67.1 Å². The zero-order chi connectivity index (χ0) is 57.3. The number of pyridine rings is 1. The van der Waals surface area contributed by atoms with E-state index in [1.54, 1.807) is 31.6 Å². The standard InChI is InChI=1S/C60H87N7O14/c1-66-56(72)36-51(57(66)44-10-5-29-61-37-44)58(73)67(38-54(70)62-30-34-79-49-25-21-47(22-26-49)77-32-6-11-52(68)64-45-17-13-42(14-18-45)59(74)75)39-55(71)63-31-35-80-50-27-23-48(24-28-50)78-33-7-12-53(69)65-46-19-15-43(16-20-46)60(76)81-40-41-8-3-2-4-9-41/h2-5,8-10,29,37,42-43,45-51,57H,6-7,11-28,30-36,38-40H2,1H3,(H,62,70)(H,63,71)(H,64,68)(H,65,69)(H,74,75)/t42?,43?,45?,46?,47?,48?,49?,50?,51-,57+/m0/s1. The fourth-order valence-corrected chi connectivity index (χ4v) is 11.9. The maximum absolute atomic E-state index is 14.3. The summed E-state index contributed by atoms with van der Waals surface area (Å²) in [5.41, 5.74) is 1.64. The summed E-state index contributed by atoms with van der Waals surface area (Å²) in [6.07, 6.45) is 17.1. The van der Waals surface area contributed by atoms with E-state index in [2.05, 4.69) is 26.3 Å². The number of ether oxygens (including phenoxy) is 5. The highest BCUT2D eigenvalue weighted by Crippen LogP contribution is 2.38. The number of likely N-dealkylation sites (tertiary alicyclic amines) is 1. The molecule has 2 heterocycles. The number of aliphatic carboxylic acids is 1. The van der Waals surface area contributed by atoms with Crippen LogP contribution < -0.4 is 21.3 Å². The van der Waals surface area contributed by atoms with Crippen molar-refractivity contribution in [1.82, 2.24) is 36.1 Å². The second kappa shape index (κ2) is 33.2. The van der Waals surface area contributed by atoms with Gasteiger partial charge in [0, 0.05) is 77.1 Å². The molecule has 1 saturated heterocycles. The van der Waals surface area contributed by atoms with Gasteiger partial charge in [-0.15, -0.1) is 0 Å². The molecule has 1 aromatic carbocycles. The lowest BCUT2D eigenvalue weighted by Crippen LogP contribution is -2.49. The van der Waals surface area contributed by atoms with Gasteiger partial charge in [0.05, 0.1) is 61.4 Å². The van der Waals surface area contributed by atoms with Crippen LogP contribution in [0, 0.1) is 17.8 Å². The predicted octanol–water partition coefficient (Wildman–Crippen LogP) is 5.09. The van der Waals surface area contributed by atoms with Crippen LogP contribution in [0.4, 0.5) is 0 Å². The average molecular weight is 1130 g/mol. The molecule has 1 aliphatic heterocycles. The summed E-state index contributed by atoms with van der Waals surface area (Å²) in [5, 5.41) is 21.0. The van der Waals surface area contributed by atoms with Crippen molar-refractivity contribution >= 4 is 47.4 Å². The highest BCUT2D eigenvalue weighted by molar-refractivity contribution is 5.94. The van der Waals surface area contributed by atoms with E-state index in [0.29, 0.717) is 83.0 Å². The molecule has 5 fully saturated rings. The number of amides is 6. The number of carboxylic acid groups (broad SMARTS) is 1. The van der Waals surface area contributed by atoms with Crippen LogP contribution in [0.1, 0.15) is 152 Å². The molecular formula is C60H87N7O14. The Balaban J connectivity index is 0.745. The number of nitrogens with one attached hydrogen (secondary N) is 4. The topological polar surface area (TPSA) is 270 Å². The highest BCUT2D eigenvalue weighted by atomic mass is 16.5. The Morgan fingerprint density at radius 3 is 1.56 bits per heavy atom. The third-order valence-electron chi connectivity index (χ3n) is 16.6. The first-order valence-corrected chi connectivity index (χ1v) is 29.7. The Hall–Kier alpha value is -6.03. The van der Waals surface area contributed by atoms with Crippen LogP contribution in [-0.4, -0.2) is 163 Å². The van der Waals surface area contributed by atoms with Crippen LogP contribution in [0.2, 0.25) is 0 Å². The number of esters is 1. The molecule has 0 bridgehead atoms. The Kier molecular flexibility index (Phi) is 25.6. The van der Waals surface area contributed by atoms with Crippen LogP contribution >= 0.6 is 0 Å². The van der Waals surface area contributed by atoms with Crippen molar-refractivity contribution in [2.45, 2.75) is 184 Å². The van der Waals surface area contributed by atoms with Crippen LogP contribution in [0.15, 0.2) is 54.9 Å². The molecular weight excluding hydrogens is 1040 g/mol. The van der Waals surface area contributed by atoms with Crippen molar-refractivity contribution in [3.8, 4) is 0 Å². The SMILES string of the molecule is CN1C(=O)C[C@H](C(=O)N(CC(=O)NCCOC2CCC(OCCCC(=O)NC3CCC(C(=O)O)CC3)CC2)CC(=O)NCCOC2CCC(OCCCC(=O)NC3CCC(C(=O)OCc4ccccc4)CC3)CC2)[C@H]1c1cccnc1. The van der Waals surface area contributed by atoms with Crippen molar-refractivity contribution in [2.24, 2.45) is 17.8 Å². The summed E-state index contributed by atoms with van der Waals surface area (Å²) in [6.45, 7) is 1.34. The fourth-order valence-electron chi connectivity index (χ4n) is 11.9. The van der Waals surface area contributed by atoms with Gasteiger partial charge in [-0.05, 0) is 133 Å². The highest BCUT2D eigenvalue weighted by Gasteiger charge is 2.45. The lowest BCUT2D eigenvalue weighted by Gasteiger charge is -2.30. The number of aromatic nitrogens is 1. The quantitative estimate of drug-likeness (QED) is 0.0504. The second-order valence-corrected chi connectivity index (χ2v) is 22.6. The number of hydrogen-bond acceptors (Lipinski definition) is 14. The number of carbonyl (C=O) groups excluding carboxylic acids is 7. The Labute approximate surface area is 476 Å². The van der Waals surface area contributed by atoms with Crippen LogP contribution in [0.3, 0.4) is 0 Å². The summed E-state index contributed by atoms with van der Waals surface area (Å²) in [6, 6.07) is 12.6. The van der Waals surface area contributed by atoms with E-state index < -0.39 is 48.7 Å². The third-order valence-corrected chi connectivity index (χ3v) is 16.6. The molecule has 2 aromatic rings. The third kappa shape index (κ3) is 21.0. The molecule has 21 nitrogen and oxygen atoms in total. The Morgan fingerprint density at radius 2 is 1.09 bits per heavy atom. The maximum Gasteiger partial charge on any atom is 0.309 e. The largest absolute Gasteiger partial charge is 0.481 e. The number of carbonyl (C=O) groups is 8. The molecule has 1 aromatic heterocycles. The van der Waals surface area contributed by atoms with Gasteiger partial charge in [-0.2, -0.15) is 0 Å². The molecule has 4 saturated carbocycles. The molecule has 21 heteroatoms. The van der Waals surface area contributed by atoms with Gasteiger partial charge in [0.15, 0.2) is 0 Å². The predicted molar refractivity (Wildman–Crippen MR) is 296 cm³/mol. The van der Waals surface area contributed by atoms with Crippen molar-refractivity contribution in [1.29, 1.82) is 0 Å². The van der Waals surface area contributed by atoms with Crippen LogP contribution in [-0.2, 0) is 68.6 Å². The second-order valence-electron chi connectivity index (χ2n) is 22.6. The minimum Gasteiger partial charge on any atom is -0.481 e. The van der Waals surface area contributed by atoms with Gasteiger partial charge < -0.3 is 59.9 Å². The molecule has 7 rings (SSSR count). The number of carboxylic acids is 1. The molecule has 6 amide bonds. The monoisotopic (exact) mass is 1130 g/mol. The summed E-state index contributed by atoms with van der Waals surface area (Å²) < 4.78 is 29.9. The molecule has 0 spiro atoms. The number of nitrogens with zero attached hydrogens (tertiary/aromatic N) is 3. The van der Waals surface area contributed by atoms with Gasteiger partial charge in [-0.25, -0.2) is 0 Å². The normalized spacial score (nSPS) is 25.7. The zero-order valence-electron chi connectivity index (χ0n) is 47.3. The van der Waals surface area contributed by atoms with E-state index in [9.17, 15) is 43.5 Å². The minimum absolute atomic E-state index is 0.000923. The summed E-state index contributed by atoms with van der Waals surface area (Å²) in [5.74, 6) is -3.91. The van der Waals surface area contributed by atoms with E-state index in [1.165, 1.54) is 9.80 Å². The van der Waals surface area contributed by atoms with Gasteiger partial charge in [0.25, 0.3) is 0 Å². The number of rotatable bonds is 30. The van der Waals surface area contributed by atoms with E-state index in [-0.39, 0.29) is 111 Å². The Bertz CT molecular complexity index is 2320. The molecule has 2 atom stereocenters. The molecule has 0 radical (unpaired) electrons. The van der Waals surface area contributed by atoms with E-state index in [1.807, 2.05) is 30.3 Å². The number of benzene rings is 1. The lowest BCUT2D eigenvalue weighted by atomic mass is 9.86. The van der Waals surface area contributed by atoms with Crippen molar-refractivity contribution in [3.63, 3.8) is 0 Å². The van der Waals surface area contributed by atoms with Crippen LogP contribution in [0.25, 0.3) is 0 Å². The zero-order valence-corrected chi connectivity index (χ0v) is 47.3. The number of hydrogen-bond donors (Lipinski definition) is 5. The van der Waals surface area contributed by atoms with Crippen molar-refractivity contribution in [2.75, 3.05) is 59.7 Å². The molecule has 5 aliphatic rings. The maximum atomic E-state index is 14.3. The van der Waals surface area contributed by atoms with Gasteiger partial charge in [-0.1, -0.05) is 36.4 Å². The summed E-state index contributed by atoms with van der Waals surface area (Å²) >= 11 is 0. The van der Waals surface area contributed by atoms with Crippen LogP contribution in [0.5, 0.6) is 0 Å². The minimum atomic E-state index is -0.841. The fraction of sp³-hybridized carbons (Fsp3) is 0.683. The van der Waals surface area contributed by atoms with Gasteiger partial charge in [0.1, 0.15) is 19.7 Å². The molecule has 4 aliphatic carbocycles. The van der Waals surface area contributed by atoms with E-state index in [0.717, 1.165) is 69.8 Å². The summed E-state index contributed by atoms with van der Waals surface area (Å²) in [7, 11) is 1.63. The lowest BCUT2D eigenvalue weighted by molar-refractivity contribution is -0.151. The Morgan fingerprint density at radius 1 is 0.605 bits per heavy atom. The van der Waals surface area contributed by atoms with Gasteiger partial charge in [0.2, 0.25) is 35.4 Å². The van der Waals surface area contributed by atoms with E-state index in [4.69, 9.17) is 23.7 Å². The molecule has 5 N–H and O–H groups in total. The molecule has 0 unspecified atom stereocenters. The first-order chi connectivity index (χ1) is 39.3. The average Bonchev–Trinajstić information content (AvgIpc) is 3.88. The molecule has 81 heavy (non-hydrogen) atoms. The smallest absolute Gasteiger partial charge is 0.309 e. The van der Waals surface area contributed by atoms with E-state index >= 15 is 0 Å². The first kappa shape index (κ1) is 62.6. The van der Waals surface area contributed by atoms with Gasteiger partial charge in [-0.3, -0.25) is 43.3 Å². The first-order valence-electron chi connectivity index (χ1n) is 29.7. The van der Waals surface area contributed by atoms with Gasteiger partial charge >= 0.3 is 11.9 Å².